The van der Waals surface area contributed by atoms with Gasteiger partial charge in [0.1, 0.15) is 4.88 Å². The van der Waals surface area contributed by atoms with Crippen molar-refractivity contribution in [2.45, 2.75) is 26.2 Å². The lowest BCUT2D eigenvalue weighted by Crippen LogP contribution is -2.30. The van der Waals surface area contributed by atoms with Crippen LogP contribution in [0.3, 0.4) is 0 Å². The number of aromatic nitrogens is 1. The van der Waals surface area contributed by atoms with Crippen molar-refractivity contribution in [1.29, 1.82) is 0 Å². The van der Waals surface area contributed by atoms with Crippen molar-refractivity contribution >= 4 is 22.4 Å². The highest BCUT2D eigenvalue weighted by Crippen LogP contribution is 2.48. The highest BCUT2D eigenvalue weighted by molar-refractivity contribution is 7.17. The van der Waals surface area contributed by atoms with Gasteiger partial charge in [-0.25, -0.2) is 4.98 Å². The van der Waals surface area contributed by atoms with Crippen LogP contribution >= 0.6 is 11.3 Å². The number of carbonyl (C=O) groups is 1. The van der Waals surface area contributed by atoms with Crippen molar-refractivity contribution in [2.75, 3.05) is 26.0 Å². The Bertz CT molecular complexity index is 441. The van der Waals surface area contributed by atoms with E-state index < -0.39 is 0 Å². The Balaban J connectivity index is 1.87. The van der Waals surface area contributed by atoms with Gasteiger partial charge in [-0.15, -0.1) is 0 Å². The van der Waals surface area contributed by atoms with Gasteiger partial charge in [-0.2, -0.15) is 0 Å². The van der Waals surface area contributed by atoms with E-state index in [0.717, 1.165) is 13.0 Å². The smallest absolute Gasteiger partial charge is 0.263 e. The summed E-state index contributed by atoms with van der Waals surface area (Å²) in [5, 5.41) is 3.43. The van der Waals surface area contributed by atoms with Crippen LogP contribution in [0.2, 0.25) is 0 Å². The lowest BCUT2D eigenvalue weighted by molar-refractivity contribution is 0.0941. The molecule has 5 nitrogen and oxygen atoms in total. The zero-order chi connectivity index (χ0) is 13.2. The summed E-state index contributed by atoms with van der Waals surface area (Å²) in [4.78, 5) is 16.7. The number of nitrogens with zero attached hydrogens (tertiary/aromatic N) is 1. The number of ether oxygens (including phenoxy) is 1. The summed E-state index contributed by atoms with van der Waals surface area (Å²) in [5.41, 5.74) is 6.55. The van der Waals surface area contributed by atoms with Crippen LogP contribution in [0.1, 0.15) is 34.6 Å². The van der Waals surface area contributed by atoms with Gasteiger partial charge in [0, 0.05) is 20.3 Å². The fourth-order valence-electron chi connectivity index (χ4n) is 1.99. The molecule has 1 amide bonds. The zero-order valence-corrected chi connectivity index (χ0v) is 11.6. The molecule has 0 bridgehead atoms. The number of thiazole rings is 1. The summed E-state index contributed by atoms with van der Waals surface area (Å²) in [6, 6.07) is 0. The number of nitrogens with two attached hydrogens (primary N) is 1. The Hall–Kier alpha value is -1.14. The molecule has 0 aromatic carbocycles. The van der Waals surface area contributed by atoms with Crippen LogP contribution in [0.5, 0.6) is 0 Å². The maximum absolute atomic E-state index is 12.0. The van der Waals surface area contributed by atoms with E-state index in [4.69, 9.17) is 10.5 Å². The Morgan fingerprint density at radius 2 is 2.33 bits per heavy atom. The van der Waals surface area contributed by atoms with Gasteiger partial charge in [-0.05, 0) is 31.6 Å². The number of rotatable bonds is 6. The monoisotopic (exact) mass is 269 g/mol. The highest BCUT2D eigenvalue weighted by Gasteiger charge is 2.42. The fourth-order valence-corrected chi connectivity index (χ4v) is 2.74. The second-order valence-electron chi connectivity index (χ2n) is 4.89. The number of nitrogen functional groups attached to an aromatic ring is 1. The summed E-state index contributed by atoms with van der Waals surface area (Å²) in [5.74, 6) is -0.0645. The van der Waals surface area contributed by atoms with Crippen LogP contribution in [-0.2, 0) is 4.74 Å². The molecule has 3 N–H and O–H groups in total. The van der Waals surface area contributed by atoms with E-state index in [0.29, 0.717) is 22.2 Å². The molecule has 0 radical (unpaired) electrons. The molecule has 1 heterocycles. The van der Waals surface area contributed by atoms with E-state index in [1.807, 2.05) is 0 Å². The van der Waals surface area contributed by atoms with E-state index >= 15 is 0 Å². The molecule has 0 atom stereocenters. The predicted molar refractivity (Wildman–Crippen MR) is 71.8 cm³/mol. The largest absolute Gasteiger partial charge is 0.385 e. The number of hydrogen-bond acceptors (Lipinski definition) is 5. The van der Waals surface area contributed by atoms with Gasteiger partial charge in [0.15, 0.2) is 5.13 Å². The summed E-state index contributed by atoms with van der Waals surface area (Å²) >= 11 is 1.24. The maximum atomic E-state index is 12.0. The topological polar surface area (TPSA) is 77.2 Å². The molecule has 1 aromatic rings. The van der Waals surface area contributed by atoms with Crippen molar-refractivity contribution in [3.8, 4) is 0 Å². The summed E-state index contributed by atoms with van der Waals surface area (Å²) in [6.45, 7) is 3.27. The minimum absolute atomic E-state index is 0.0645. The quantitative estimate of drug-likeness (QED) is 0.822. The molecular formula is C12H19N3O2S. The number of carbonyl (C=O) groups excluding carboxylic acids is 1. The molecule has 0 spiro atoms. The average molecular weight is 269 g/mol. The van der Waals surface area contributed by atoms with E-state index in [9.17, 15) is 4.79 Å². The molecule has 0 unspecified atom stereocenters. The minimum Gasteiger partial charge on any atom is -0.385 e. The third-order valence-corrected chi connectivity index (χ3v) is 4.42. The van der Waals surface area contributed by atoms with Gasteiger partial charge in [0.2, 0.25) is 0 Å². The van der Waals surface area contributed by atoms with Crippen molar-refractivity contribution in [1.82, 2.24) is 10.3 Å². The van der Waals surface area contributed by atoms with Gasteiger partial charge >= 0.3 is 0 Å². The first kappa shape index (κ1) is 13.3. The molecule has 100 valence electrons. The van der Waals surface area contributed by atoms with Crippen LogP contribution in [-0.4, -0.2) is 31.2 Å². The first-order valence-corrected chi connectivity index (χ1v) is 6.88. The molecule has 18 heavy (non-hydrogen) atoms. The molecule has 1 aliphatic carbocycles. The predicted octanol–water partition coefficient (Wildman–Crippen LogP) is 1.58. The van der Waals surface area contributed by atoms with E-state index in [1.165, 1.54) is 24.2 Å². The fraction of sp³-hybridized carbons (Fsp3) is 0.667. The molecular weight excluding hydrogens is 250 g/mol. The molecule has 6 heteroatoms. The van der Waals surface area contributed by atoms with Gasteiger partial charge in [-0.3, -0.25) is 4.79 Å². The lowest BCUT2D eigenvalue weighted by Gasteiger charge is -2.15. The van der Waals surface area contributed by atoms with E-state index in [2.05, 4.69) is 10.3 Å². The Morgan fingerprint density at radius 1 is 1.61 bits per heavy atom. The number of nitrogens with one attached hydrogen (secondary N) is 1. The van der Waals surface area contributed by atoms with Gasteiger partial charge < -0.3 is 15.8 Å². The molecule has 1 fully saturated rings. The lowest BCUT2D eigenvalue weighted by atomic mass is 10.0. The first-order valence-electron chi connectivity index (χ1n) is 6.06. The van der Waals surface area contributed by atoms with E-state index in [1.54, 1.807) is 14.0 Å². The summed E-state index contributed by atoms with van der Waals surface area (Å²) < 4.78 is 5.09. The highest BCUT2D eigenvalue weighted by atomic mass is 32.1. The zero-order valence-electron chi connectivity index (χ0n) is 10.8. The van der Waals surface area contributed by atoms with Crippen molar-refractivity contribution < 1.29 is 9.53 Å². The number of anilines is 1. The second kappa shape index (κ2) is 5.24. The standard InChI is InChI=1S/C12H19N3O2S/c1-8-9(18-11(13)15-8)10(16)14-7-12(3-4-12)5-6-17-2/h3-7H2,1-2H3,(H2,13,15)(H,14,16). The number of aryl methyl sites for hydroxylation is 1. The van der Waals surface area contributed by atoms with Crippen molar-refractivity contribution in [3.63, 3.8) is 0 Å². The first-order chi connectivity index (χ1) is 8.56. The maximum Gasteiger partial charge on any atom is 0.263 e. The Morgan fingerprint density at radius 3 is 2.83 bits per heavy atom. The number of methoxy groups -OCH3 is 1. The molecule has 0 aliphatic heterocycles. The normalized spacial score (nSPS) is 16.6. The van der Waals surface area contributed by atoms with E-state index in [-0.39, 0.29) is 11.3 Å². The SMILES string of the molecule is COCCC1(CNC(=O)c2sc(N)nc2C)CC1. The summed E-state index contributed by atoms with van der Waals surface area (Å²) in [6.07, 6.45) is 3.34. The molecule has 1 aromatic heterocycles. The Labute approximate surface area is 111 Å². The van der Waals surface area contributed by atoms with Crippen LogP contribution in [0.4, 0.5) is 5.13 Å². The van der Waals surface area contributed by atoms with Crippen LogP contribution in [0, 0.1) is 12.3 Å². The van der Waals surface area contributed by atoms with Gasteiger partial charge in [0.25, 0.3) is 5.91 Å². The van der Waals surface area contributed by atoms with Gasteiger partial charge in [0.05, 0.1) is 5.69 Å². The number of hydrogen-bond donors (Lipinski definition) is 2. The van der Waals surface area contributed by atoms with Crippen molar-refractivity contribution in [3.05, 3.63) is 10.6 Å². The summed E-state index contributed by atoms with van der Waals surface area (Å²) in [7, 11) is 1.71. The average Bonchev–Trinajstić information content (AvgIpc) is 3.03. The minimum atomic E-state index is -0.0645. The van der Waals surface area contributed by atoms with Gasteiger partial charge in [-0.1, -0.05) is 11.3 Å². The number of amides is 1. The van der Waals surface area contributed by atoms with Crippen LogP contribution in [0.25, 0.3) is 0 Å². The third-order valence-electron chi connectivity index (χ3n) is 3.44. The molecule has 1 aliphatic rings. The molecule has 2 rings (SSSR count). The van der Waals surface area contributed by atoms with Crippen molar-refractivity contribution in [2.24, 2.45) is 5.41 Å². The van der Waals surface area contributed by atoms with Crippen LogP contribution < -0.4 is 11.1 Å². The second-order valence-corrected chi connectivity index (χ2v) is 5.92. The van der Waals surface area contributed by atoms with Crippen LogP contribution in [0.15, 0.2) is 0 Å². The molecule has 1 saturated carbocycles. The third kappa shape index (κ3) is 3.00. The Kier molecular flexibility index (Phi) is 3.87. The molecule has 0 saturated heterocycles.